The third-order valence-electron chi connectivity index (χ3n) is 3.61. The van der Waals surface area contributed by atoms with E-state index in [4.69, 9.17) is 5.73 Å². The molecule has 94 valence electrons. The van der Waals surface area contributed by atoms with E-state index in [0.29, 0.717) is 19.4 Å². The highest BCUT2D eigenvalue weighted by Crippen LogP contribution is 2.32. The fourth-order valence-electron chi connectivity index (χ4n) is 2.61. The molecule has 1 unspecified atom stereocenters. The lowest BCUT2D eigenvalue weighted by atomic mass is 10.1. The van der Waals surface area contributed by atoms with Crippen molar-refractivity contribution in [2.45, 2.75) is 18.9 Å². The molecule has 2 heterocycles. The van der Waals surface area contributed by atoms with Crippen LogP contribution in [0.4, 0.5) is 11.4 Å². The summed E-state index contributed by atoms with van der Waals surface area (Å²) in [5.74, 6) is 0.145. The molecule has 0 saturated carbocycles. The van der Waals surface area contributed by atoms with E-state index in [0.717, 1.165) is 16.9 Å². The van der Waals surface area contributed by atoms with E-state index in [9.17, 15) is 9.59 Å². The van der Waals surface area contributed by atoms with E-state index in [1.54, 1.807) is 16.8 Å². The minimum Gasteiger partial charge on any atom is -0.326 e. The molecule has 2 aliphatic heterocycles. The number of likely N-dealkylation sites (N-methyl/N-ethyl adjacent to an activating group) is 1. The third kappa shape index (κ3) is 1.59. The van der Waals surface area contributed by atoms with Crippen LogP contribution in [0.5, 0.6) is 0 Å². The van der Waals surface area contributed by atoms with Gasteiger partial charge in [0.1, 0.15) is 0 Å². The molecule has 2 N–H and O–H groups in total. The molecule has 0 radical (unpaired) electrons. The summed E-state index contributed by atoms with van der Waals surface area (Å²) in [6.45, 7) is 0.557. The quantitative estimate of drug-likeness (QED) is 0.772. The van der Waals surface area contributed by atoms with E-state index in [2.05, 4.69) is 0 Å². The minimum atomic E-state index is -0.0879. The van der Waals surface area contributed by atoms with Crippen LogP contribution in [0.2, 0.25) is 0 Å². The van der Waals surface area contributed by atoms with Crippen LogP contribution >= 0.6 is 0 Å². The lowest BCUT2D eigenvalue weighted by Crippen LogP contribution is -2.28. The summed E-state index contributed by atoms with van der Waals surface area (Å²) in [5.41, 5.74) is 8.54. The second-order valence-corrected chi connectivity index (χ2v) is 4.91. The van der Waals surface area contributed by atoms with E-state index >= 15 is 0 Å². The van der Waals surface area contributed by atoms with E-state index in [1.807, 2.05) is 18.2 Å². The van der Waals surface area contributed by atoms with Crippen molar-refractivity contribution in [3.05, 3.63) is 23.8 Å². The van der Waals surface area contributed by atoms with Crippen LogP contribution in [0.15, 0.2) is 18.2 Å². The molecule has 5 nitrogen and oxygen atoms in total. The molecule has 3 rings (SSSR count). The number of fused-ring (bicyclic) bond motifs is 1. The summed E-state index contributed by atoms with van der Waals surface area (Å²) >= 11 is 0. The van der Waals surface area contributed by atoms with Crippen LogP contribution in [0.3, 0.4) is 0 Å². The molecule has 0 aliphatic carbocycles. The summed E-state index contributed by atoms with van der Waals surface area (Å²) in [5, 5.41) is 0. The maximum absolute atomic E-state index is 11.8. The summed E-state index contributed by atoms with van der Waals surface area (Å²) < 4.78 is 0. The molecule has 1 fully saturated rings. The molecule has 18 heavy (non-hydrogen) atoms. The number of nitrogens with two attached hydrogens (primary N) is 1. The molecular weight excluding hydrogens is 230 g/mol. The molecule has 1 atom stereocenters. The zero-order chi connectivity index (χ0) is 12.9. The van der Waals surface area contributed by atoms with Crippen molar-refractivity contribution in [3.63, 3.8) is 0 Å². The Kier molecular flexibility index (Phi) is 2.38. The van der Waals surface area contributed by atoms with Gasteiger partial charge in [-0.2, -0.15) is 0 Å². The van der Waals surface area contributed by atoms with Crippen molar-refractivity contribution in [1.82, 2.24) is 0 Å². The normalized spacial score (nSPS) is 22.9. The molecule has 1 saturated heterocycles. The Bertz CT molecular complexity index is 541. The van der Waals surface area contributed by atoms with Gasteiger partial charge in [0.2, 0.25) is 11.8 Å². The first-order valence-corrected chi connectivity index (χ1v) is 6.01. The smallest absolute Gasteiger partial charge is 0.231 e. The number of anilines is 2. The van der Waals surface area contributed by atoms with Crippen LogP contribution in [0.1, 0.15) is 12.0 Å². The Morgan fingerprint density at radius 2 is 2.06 bits per heavy atom. The number of carbonyl (C=O) groups excluding carboxylic acids is 2. The van der Waals surface area contributed by atoms with Crippen molar-refractivity contribution in [2.24, 2.45) is 5.73 Å². The number of amides is 2. The Labute approximate surface area is 105 Å². The summed E-state index contributed by atoms with van der Waals surface area (Å²) in [4.78, 5) is 26.7. The Hall–Kier alpha value is -1.88. The van der Waals surface area contributed by atoms with Crippen LogP contribution < -0.4 is 15.5 Å². The largest absolute Gasteiger partial charge is 0.326 e. The van der Waals surface area contributed by atoms with E-state index < -0.39 is 0 Å². The van der Waals surface area contributed by atoms with Gasteiger partial charge in [-0.15, -0.1) is 0 Å². The molecule has 5 heteroatoms. The average Bonchev–Trinajstić information content (AvgIpc) is 2.80. The number of carbonyl (C=O) groups is 2. The highest BCUT2D eigenvalue weighted by molar-refractivity contribution is 6.02. The van der Waals surface area contributed by atoms with Gasteiger partial charge in [-0.25, -0.2) is 0 Å². The van der Waals surface area contributed by atoms with Gasteiger partial charge in [-0.1, -0.05) is 0 Å². The first kappa shape index (κ1) is 11.2. The Balaban J connectivity index is 1.95. The molecule has 2 aliphatic rings. The van der Waals surface area contributed by atoms with Crippen molar-refractivity contribution in [3.8, 4) is 0 Å². The van der Waals surface area contributed by atoms with Gasteiger partial charge in [-0.3, -0.25) is 9.59 Å². The van der Waals surface area contributed by atoms with Crippen molar-refractivity contribution < 1.29 is 9.59 Å². The van der Waals surface area contributed by atoms with Crippen molar-refractivity contribution in [1.29, 1.82) is 0 Å². The van der Waals surface area contributed by atoms with Gasteiger partial charge in [0.05, 0.1) is 6.42 Å². The fourth-order valence-corrected chi connectivity index (χ4v) is 2.61. The standard InChI is InChI=1S/C13H15N3O2/c1-15-11-3-2-10(4-8(11)5-12(15)17)16-7-9(14)6-13(16)18/h2-4,9H,5-7,14H2,1H3. The maximum Gasteiger partial charge on any atom is 0.231 e. The van der Waals surface area contributed by atoms with Crippen LogP contribution in [0, 0.1) is 0 Å². The van der Waals surface area contributed by atoms with Crippen molar-refractivity contribution >= 4 is 23.2 Å². The Morgan fingerprint density at radius 1 is 1.28 bits per heavy atom. The van der Waals surface area contributed by atoms with Gasteiger partial charge in [-0.05, 0) is 23.8 Å². The topological polar surface area (TPSA) is 66.6 Å². The van der Waals surface area contributed by atoms with Crippen LogP contribution in [-0.2, 0) is 16.0 Å². The number of nitrogens with zero attached hydrogens (tertiary/aromatic N) is 2. The number of benzene rings is 1. The van der Waals surface area contributed by atoms with Crippen LogP contribution in [0.25, 0.3) is 0 Å². The second kappa shape index (κ2) is 3.81. The minimum absolute atomic E-state index is 0.0557. The predicted octanol–water partition coefficient (Wildman–Crippen LogP) is 0.270. The third-order valence-corrected chi connectivity index (χ3v) is 3.61. The molecule has 1 aromatic rings. The maximum atomic E-state index is 11.8. The molecular formula is C13H15N3O2. The Morgan fingerprint density at radius 3 is 2.72 bits per heavy atom. The number of rotatable bonds is 1. The predicted molar refractivity (Wildman–Crippen MR) is 68.5 cm³/mol. The monoisotopic (exact) mass is 245 g/mol. The lowest BCUT2D eigenvalue weighted by Gasteiger charge is -2.17. The summed E-state index contributed by atoms with van der Waals surface area (Å²) in [7, 11) is 1.77. The van der Waals surface area contributed by atoms with Gasteiger partial charge in [0, 0.05) is 37.4 Å². The summed E-state index contributed by atoms with van der Waals surface area (Å²) in [6.07, 6.45) is 0.809. The molecule has 0 spiro atoms. The SMILES string of the molecule is CN1C(=O)Cc2cc(N3CC(N)CC3=O)ccc21. The van der Waals surface area contributed by atoms with Gasteiger partial charge in [0.15, 0.2) is 0 Å². The van der Waals surface area contributed by atoms with Gasteiger partial charge >= 0.3 is 0 Å². The van der Waals surface area contributed by atoms with Crippen molar-refractivity contribution in [2.75, 3.05) is 23.4 Å². The summed E-state index contributed by atoms with van der Waals surface area (Å²) in [6, 6.07) is 5.61. The highest BCUT2D eigenvalue weighted by Gasteiger charge is 2.30. The zero-order valence-corrected chi connectivity index (χ0v) is 10.2. The van der Waals surface area contributed by atoms with Crippen LogP contribution in [-0.4, -0.2) is 31.4 Å². The molecule has 0 bridgehead atoms. The molecule has 0 aromatic heterocycles. The number of hydrogen-bond donors (Lipinski definition) is 1. The molecule has 1 aromatic carbocycles. The first-order valence-electron chi connectivity index (χ1n) is 6.01. The molecule has 2 amide bonds. The van der Waals surface area contributed by atoms with E-state index in [1.165, 1.54) is 0 Å². The second-order valence-electron chi connectivity index (χ2n) is 4.91. The lowest BCUT2D eigenvalue weighted by molar-refractivity contribution is -0.117. The van der Waals surface area contributed by atoms with E-state index in [-0.39, 0.29) is 17.9 Å². The highest BCUT2D eigenvalue weighted by atomic mass is 16.2. The average molecular weight is 245 g/mol. The fraction of sp³-hybridized carbons (Fsp3) is 0.385. The first-order chi connectivity index (χ1) is 8.56. The number of hydrogen-bond acceptors (Lipinski definition) is 3. The zero-order valence-electron chi connectivity index (χ0n) is 10.2. The van der Waals surface area contributed by atoms with Gasteiger partial charge in [0.25, 0.3) is 0 Å². The van der Waals surface area contributed by atoms with Gasteiger partial charge < -0.3 is 15.5 Å².